The maximum atomic E-state index is 3.64. The van der Waals surface area contributed by atoms with E-state index >= 15 is 0 Å². The van der Waals surface area contributed by atoms with E-state index in [0.717, 1.165) is 6.42 Å². The molecule has 1 N–H and O–H groups in total. The molecule has 0 heterocycles. The summed E-state index contributed by atoms with van der Waals surface area (Å²) in [5.74, 6) is 0. The van der Waals surface area contributed by atoms with Crippen LogP contribution >= 0.6 is 0 Å². The maximum absolute atomic E-state index is 3.64. The minimum absolute atomic E-state index is 0.327. The number of allylic oxidation sites excluding steroid dienone is 3. The predicted octanol–water partition coefficient (Wildman–Crippen LogP) is 7.10. The van der Waals surface area contributed by atoms with Crippen LogP contribution in [-0.4, -0.2) is 6.04 Å². The first kappa shape index (κ1) is 19.0. The maximum Gasteiger partial charge on any atom is 0.0482 e. The Morgan fingerprint density at radius 3 is 2.21 bits per heavy atom. The lowest BCUT2D eigenvalue weighted by atomic mass is 9.93. The molecule has 0 bridgehead atoms. The van der Waals surface area contributed by atoms with Crippen LogP contribution in [0.3, 0.4) is 0 Å². The molecule has 0 saturated heterocycles. The average molecular weight is 378 g/mol. The number of hydrogen-bond donors (Lipinski definition) is 1. The summed E-state index contributed by atoms with van der Waals surface area (Å²) in [5, 5.41) is 3.64. The average Bonchev–Trinajstić information content (AvgIpc) is 2.76. The zero-order valence-corrected chi connectivity index (χ0v) is 17.1. The Bertz CT molecular complexity index is 1050. The summed E-state index contributed by atoms with van der Waals surface area (Å²) in [6.07, 6.45) is 10.1. The highest BCUT2D eigenvalue weighted by molar-refractivity contribution is 5.82. The van der Waals surface area contributed by atoms with Crippen LogP contribution in [0.4, 0.5) is 5.69 Å². The van der Waals surface area contributed by atoms with Crippen LogP contribution in [0.5, 0.6) is 0 Å². The topological polar surface area (TPSA) is 12.0 Å². The Labute approximate surface area is 174 Å². The van der Waals surface area contributed by atoms with Gasteiger partial charge in [-0.2, -0.15) is 0 Å². The van der Waals surface area contributed by atoms with Gasteiger partial charge < -0.3 is 5.32 Å². The largest absolute Gasteiger partial charge is 0.378 e. The monoisotopic (exact) mass is 377 g/mol. The number of nitrogens with one attached hydrogen (secondary N) is 1. The van der Waals surface area contributed by atoms with Gasteiger partial charge in [0.2, 0.25) is 0 Å². The van der Waals surface area contributed by atoms with Crippen molar-refractivity contribution in [3.8, 4) is 0 Å². The lowest BCUT2D eigenvalue weighted by Gasteiger charge is -2.20. The summed E-state index contributed by atoms with van der Waals surface area (Å²) in [6.45, 7) is 4.27. The molecule has 0 aromatic heterocycles. The van der Waals surface area contributed by atoms with E-state index in [-0.39, 0.29) is 0 Å². The third-order valence-corrected chi connectivity index (χ3v) is 5.37. The SMILES string of the molecule is Cc1ccc(C(=CC2=CCC(Nc3ccccc3C)C=C2)c2ccccc2)cc1. The van der Waals surface area contributed by atoms with Crippen LogP contribution in [0, 0.1) is 13.8 Å². The van der Waals surface area contributed by atoms with Gasteiger partial charge in [-0.25, -0.2) is 0 Å². The Balaban J connectivity index is 1.57. The van der Waals surface area contributed by atoms with Gasteiger partial charge in [0, 0.05) is 11.7 Å². The van der Waals surface area contributed by atoms with Gasteiger partial charge in [-0.05, 0) is 60.2 Å². The second-order valence-electron chi connectivity index (χ2n) is 7.65. The lowest BCUT2D eigenvalue weighted by Crippen LogP contribution is -2.18. The van der Waals surface area contributed by atoms with Crippen molar-refractivity contribution in [1.29, 1.82) is 0 Å². The van der Waals surface area contributed by atoms with E-state index in [2.05, 4.69) is 122 Å². The van der Waals surface area contributed by atoms with E-state index in [1.807, 2.05) is 0 Å². The van der Waals surface area contributed by atoms with Crippen molar-refractivity contribution < 1.29 is 0 Å². The van der Waals surface area contributed by atoms with Gasteiger partial charge in [0.25, 0.3) is 0 Å². The van der Waals surface area contributed by atoms with Crippen molar-refractivity contribution in [1.82, 2.24) is 0 Å². The number of aryl methyl sites for hydroxylation is 2. The molecule has 1 heteroatoms. The van der Waals surface area contributed by atoms with Crippen molar-refractivity contribution in [2.45, 2.75) is 26.3 Å². The van der Waals surface area contributed by atoms with Gasteiger partial charge in [-0.3, -0.25) is 0 Å². The van der Waals surface area contributed by atoms with Crippen LogP contribution in [0.2, 0.25) is 0 Å². The van der Waals surface area contributed by atoms with Crippen LogP contribution in [0.1, 0.15) is 28.7 Å². The molecule has 1 unspecified atom stereocenters. The van der Waals surface area contributed by atoms with Crippen molar-refractivity contribution in [3.05, 3.63) is 131 Å². The zero-order chi connectivity index (χ0) is 20.1. The smallest absolute Gasteiger partial charge is 0.0482 e. The minimum Gasteiger partial charge on any atom is -0.378 e. The van der Waals surface area contributed by atoms with Gasteiger partial charge in [0.05, 0.1) is 0 Å². The highest BCUT2D eigenvalue weighted by Gasteiger charge is 2.11. The fourth-order valence-electron chi connectivity index (χ4n) is 3.64. The number of benzene rings is 3. The summed E-state index contributed by atoms with van der Waals surface area (Å²) in [6, 6.07) is 28.2. The number of anilines is 1. The highest BCUT2D eigenvalue weighted by Crippen LogP contribution is 2.27. The molecule has 1 aliphatic rings. The molecule has 1 nitrogen and oxygen atoms in total. The highest BCUT2D eigenvalue weighted by atomic mass is 14.9. The molecular formula is C28H27N. The molecule has 0 spiro atoms. The molecule has 0 amide bonds. The molecule has 0 fully saturated rings. The van der Waals surface area contributed by atoms with Gasteiger partial charge >= 0.3 is 0 Å². The first-order valence-corrected chi connectivity index (χ1v) is 10.2. The van der Waals surface area contributed by atoms with E-state index < -0.39 is 0 Å². The van der Waals surface area contributed by atoms with Crippen molar-refractivity contribution in [2.24, 2.45) is 0 Å². The third kappa shape index (κ3) is 4.75. The lowest BCUT2D eigenvalue weighted by molar-refractivity contribution is 0.876. The van der Waals surface area contributed by atoms with E-state index in [1.54, 1.807) is 0 Å². The van der Waals surface area contributed by atoms with Crippen LogP contribution in [-0.2, 0) is 0 Å². The van der Waals surface area contributed by atoms with Gasteiger partial charge in [0.1, 0.15) is 0 Å². The van der Waals surface area contributed by atoms with Gasteiger partial charge in [-0.15, -0.1) is 0 Å². The van der Waals surface area contributed by atoms with Gasteiger partial charge in [-0.1, -0.05) is 96.6 Å². The first-order chi connectivity index (χ1) is 14.2. The van der Waals surface area contributed by atoms with E-state index in [1.165, 1.54) is 39.1 Å². The Kier molecular flexibility index (Phi) is 5.76. The minimum atomic E-state index is 0.327. The normalized spacial score (nSPS) is 16.4. The van der Waals surface area contributed by atoms with Gasteiger partial charge in [0.15, 0.2) is 0 Å². The summed E-state index contributed by atoms with van der Waals surface area (Å²) in [7, 11) is 0. The summed E-state index contributed by atoms with van der Waals surface area (Å²) < 4.78 is 0. The molecule has 1 atom stereocenters. The quantitative estimate of drug-likeness (QED) is 0.500. The molecular weight excluding hydrogens is 350 g/mol. The van der Waals surface area contributed by atoms with E-state index in [9.17, 15) is 0 Å². The summed E-state index contributed by atoms with van der Waals surface area (Å²) in [5.41, 5.74) is 8.77. The molecule has 3 aromatic rings. The first-order valence-electron chi connectivity index (χ1n) is 10.2. The molecule has 0 aliphatic heterocycles. The zero-order valence-electron chi connectivity index (χ0n) is 17.1. The third-order valence-electron chi connectivity index (χ3n) is 5.37. The van der Waals surface area contributed by atoms with Crippen molar-refractivity contribution >= 4 is 11.3 Å². The predicted molar refractivity (Wildman–Crippen MR) is 125 cm³/mol. The number of para-hydroxylation sites is 1. The Morgan fingerprint density at radius 1 is 0.828 bits per heavy atom. The molecule has 1 aliphatic carbocycles. The number of rotatable bonds is 5. The standard InChI is InChI=1S/C28H27N/c1-21-12-16-25(17-13-21)27(24-9-4-3-5-10-24)20-23-14-18-26(19-15-23)29-28-11-7-6-8-22(28)2/h3-18,20,26,29H,19H2,1-2H3. The second-order valence-corrected chi connectivity index (χ2v) is 7.65. The second kappa shape index (κ2) is 8.79. The summed E-state index contributed by atoms with van der Waals surface area (Å²) in [4.78, 5) is 0. The Morgan fingerprint density at radius 2 is 1.52 bits per heavy atom. The fourth-order valence-corrected chi connectivity index (χ4v) is 3.64. The molecule has 144 valence electrons. The molecule has 3 aromatic carbocycles. The van der Waals surface area contributed by atoms with Crippen LogP contribution in [0.25, 0.3) is 5.57 Å². The van der Waals surface area contributed by atoms with E-state index in [0.29, 0.717) is 6.04 Å². The van der Waals surface area contributed by atoms with Crippen LogP contribution in [0.15, 0.2) is 109 Å². The Hall–Kier alpha value is -3.32. The molecule has 29 heavy (non-hydrogen) atoms. The van der Waals surface area contributed by atoms with Crippen molar-refractivity contribution in [2.75, 3.05) is 5.32 Å². The molecule has 0 radical (unpaired) electrons. The molecule has 0 saturated carbocycles. The number of hydrogen-bond acceptors (Lipinski definition) is 1. The fraction of sp³-hybridized carbons (Fsp3) is 0.143. The van der Waals surface area contributed by atoms with E-state index in [4.69, 9.17) is 0 Å². The molecule has 4 rings (SSSR count). The summed E-state index contributed by atoms with van der Waals surface area (Å²) >= 11 is 0. The van der Waals surface area contributed by atoms with Crippen molar-refractivity contribution in [3.63, 3.8) is 0 Å². The van der Waals surface area contributed by atoms with Crippen LogP contribution < -0.4 is 5.32 Å².